The van der Waals surface area contributed by atoms with Crippen LogP contribution in [0.15, 0.2) is 6.20 Å². The van der Waals surface area contributed by atoms with E-state index >= 15 is 0 Å². The Bertz CT molecular complexity index is 260. The summed E-state index contributed by atoms with van der Waals surface area (Å²) < 4.78 is 1.88. The van der Waals surface area contributed by atoms with Crippen LogP contribution in [0, 0.1) is 0 Å². The SMILES string of the molecule is CC(Br)c1cn(C(C)(C)C)nn1. The van der Waals surface area contributed by atoms with Crippen LogP contribution in [-0.2, 0) is 5.54 Å². The van der Waals surface area contributed by atoms with Crippen LogP contribution in [0.25, 0.3) is 0 Å². The highest BCUT2D eigenvalue weighted by Crippen LogP contribution is 2.20. The lowest BCUT2D eigenvalue weighted by molar-refractivity contribution is 0.347. The van der Waals surface area contributed by atoms with Crippen LogP contribution in [0.2, 0.25) is 0 Å². The molecule has 1 aromatic heterocycles. The minimum atomic E-state index is 0.0210. The largest absolute Gasteiger partial charge is 0.247 e. The summed E-state index contributed by atoms with van der Waals surface area (Å²) in [7, 11) is 0. The van der Waals surface area contributed by atoms with Crippen molar-refractivity contribution in [2.45, 2.75) is 38.1 Å². The zero-order valence-electron chi connectivity index (χ0n) is 7.87. The van der Waals surface area contributed by atoms with Crippen LogP contribution < -0.4 is 0 Å². The predicted molar refractivity (Wildman–Crippen MR) is 52.4 cm³/mol. The quantitative estimate of drug-likeness (QED) is 0.696. The maximum Gasteiger partial charge on any atom is 0.0960 e. The smallest absolute Gasteiger partial charge is 0.0960 e. The van der Waals surface area contributed by atoms with Crippen LogP contribution in [0.5, 0.6) is 0 Å². The molecule has 3 nitrogen and oxygen atoms in total. The van der Waals surface area contributed by atoms with E-state index in [2.05, 4.69) is 47.0 Å². The lowest BCUT2D eigenvalue weighted by atomic mass is 10.1. The minimum absolute atomic E-state index is 0.0210. The Morgan fingerprint density at radius 1 is 1.50 bits per heavy atom. The molecule has 0 saturated carbocycles. The lowest BCUT2D eigenvalue weighted by Gasteiger charge is -2.17. The molecule has 0 bridgehead atoms. The van der Waals surface area contributed by atoms with Gasteiger partial charge in [0.05, 0.1) is 22.3 Å². The molecule has 68 valence electrons. The van der Waals surface area contributed by atoms with E-state index in [4.69, 9.17) is 0 Å². The van der Waals surface area contributed by atoms with Gasteiger partial charge in [0.1, 0.15) is 0 Å². The van der Waals surface area contributed by atoms with Crippen molar-refractivity contribution in [2.24, 2.45) is 0 Å². The molecule has 0 amide bonds. The van der Waals surface area contributed by atoms with E-state index < -0.39 is 0 Å². The van der Waals surface area contributed by atoms with E-state index in [-0.39, 0.29) is 10.4 Å². The maximum absolute atomic E-state index is 4.05. The van der Waals surface area contributed by atoms with Crippen LogP contribution in [0.1, 0.15) is 38.2 Å². The summed E-state index contributed by atoms with van der Waals surface area (Å²) >= 11 is 3.45. The Hall–Kier alpha value is -0.380. The molecule has 0 aromatic carbocycles. The van der Waals surface area contributed by atoms with Crippen molar-refractivity contribution in [3.05, 3.63) is 11.9 Å². The zero-order chi connectivity index (χ0) is 9.35. The van der Waals surface area contributed by atoms with Crippen LogP contribution >= 0.6 is 15.9 Å². The molecule has 0 aliphatic carbocycles. The first-order valence-electron chi connectivity index (χ1n) is 3.98. The molecular weight excluding hydrogens is 218 g/mol. The number of aromatic nitrogens is 3. The predicted octanol–water partition coefficient (Wildman–Crippen LogP) is 2.49. The second-order valence-electron chi connectivity index (χ2n) is 3.87. The van der Waals surface area contributed by atoms with E-state index in [9.17, 15) is 0 Å². The van der Waals surface area contributed by atoms with Crippen LogP contribution in [-0.4, -0.2) is 15.0 Å². The monoisotopic (exact) mass is 231 g/mol. The van der Waals surface area contributed by atoms with Crippen LogP contribution in [0.4, 0.5) is 0 Å². The molecule has 0 radical (unpaired) electrons. The molecule has 1 heterocycles. The molecule has 0 N–H and O–H groups in total. The molecule has 1 atom stereocenters. The van der Waals surface area contributed by atoms with Gasteiger partial charge in [0.15, 0.2) is 0 Å². The van der Waals surface area contributed by atoms with Gasteiger partial charge in [-0.25, -0.2) is 4.68 Å². The Kier molecular flexibility index (Phi) is 2.56. The number of rotatable bonds is 1. The van der Waals surface area contributed by atoms with Gasteiger partial charge in [-0.15, -0.1) is 5.10 Å². The van der Waals surface area contributed by atoms with E-state index in [0.29, 0.717) is 0 Å². The molecule has 12 heavy (non-hydrogen) atoms. The van der Waals surface area contributed by atoms with Gasteiger partial charge >= 0.3 is 0 Å². The number of nitrogens with zero attached hydrogens (tertiary/aromatic N) is 3. The Labute approximate surface area is 81.3 Å². The summed E-state index contributed by atoms with van der Waals surface area (Å²) in [6.45, 7) is 8.34. The first-order chi connectivity index (χ1) is 5.41. The summed E-state index contributed by atoms with van der Waals surface area (Å²) in [5, 5.41) is 8.09. The summed E-state index contributed by atoms with van der Waals surface area (Å²) in [5.74, 6) is 0. The van der Waals surface area contributed by atoms with E-state index in [1.54, 1.807) is 0 Å². The normalized spacial score (nSPS) is 14.8. The molecule has 0 fully saturated rings. The van der Waals surface area contributed by atoms with Gasteiger partial charge in [-0.2, -0.15) is 0 Å². The van der Waals surface area contributed by atoms with Gasteiger partial charge in [-0.1, -0.05) is 21.1 Å². The molecule has 1 unspecified atom stereocenters. The molecular formula is C8H14BrN3. The number of hydrogen-bond acceptors (Lipinski definition) is 2. The average Bonchev–Trinajstić information content (AvgIpc) is 2.30. The van der Waals surface area contributed by atoms with Crippen LogP contribution in [0.3, 0.4) is 0 Å². The first-order valence-corrected chi connectivity index (χ1v) is 4.89. The Balaban J connectivity index is 2.92. The van der Waals surface area contributed by atoms with E-state index in [0.717, 1.165) is 5.69 Å². The molecule has 1 rings (SSSR count). The number of hydrogen-bond donors (Lipinski definition) is 0. The van der Waals surface area contributed by atoms with Gasteiger partial charge in [0.25, 0.3) is 0 Å². The van der Waals surface area contributed by atoms with Gasteiger partial charge in [-0.05, 0) is 27.7 Å². The van der Waals surface area contributed by atoms with Gasteiger partial charge < -0.3 is 0 Å². The van der Waals surface area contributed by atoms with Crippen molar-refractivity contribution in [2.75, 3.05) is 0 Å². The van der Waals surface area contributed by atoms with Crippen molar-refractivity contribution < 1.29 is 0 Å². The molecule has 0 aliphatic heterocycles. The second-order valence-corrected chi connectivity index (χ2v) is 5.25. The molecule has 0 saturated heterocycles. The summed E-state index contributed by atoms with van der Waals surface area (Å²) in [5.41, 5.74) is 0.998. The van der Waals surface area contributed by atoms with Crippen molar-refractivity contribution in [3.63, 3.8) is 0 Å². The van der Waals surface area contributed by atoms with Gasteiger partial charge in [0, 0.05) is 0 Å². The average molecular weight is 232 g/mol. The highest BCUT2D eigenvalue weighted by molar-refractivity contribution is 9.09. The first kappa shape index (κ1) is 9.71. The highest BCUT2D eigenvalue weighted by Gasteiger charge is 2.16. The fraction of sp³-hybridized carbons (Fsp3) is 0.750. The molecule has 0 spiro atoms. The number of alkyl halides is 1. The topological polar surface area (TPSA) is 30.7 Å². The molecule has 4 heteroatoms. The second kappa shape index (κ2) is 3.17. The zero-order valence-corrected chi connectivity index (χ0v) is 9.46. The highest BCUT2D eigenvalue weighted by atomic mass is 79.9. The third-order valence-electron chi connectivity index (χ3n) is 1.61. The summed E-state index contributed by atoms with van der Waals surface area (Å²) in [6.07, 6.45) is 1.97. The Morgan fingerprint density at radius 2 is 2.08 bits per heavy atom. The summed E-state index contributed by atoms with van der Waals surface area (Å²) in [6, 6.07) is 0. The number of halogens is 1. The summed E-state index contributed by atoms with van der Waals surface area (Å²) in [4.78, 5) is 0.272. The molecule has 0 aliphatic rings. The van der Waals surface area contributed by atoms with Crippen molar-refractivity contribution in [1.29, 1.82) is 0 Å². The third-order valence-corrected chi connectivity index (χ3v) is 2.08. The van der Waals surface area contributed by atoms with Gasteiger partial charge in [0.2, 0.25) is 0 Å². The van der Waals surface area contributed by atoms with E-state index in [1.807, 2.05) is 17.8 Å². The van der Waals surface area contributed by atoms with Gasteiger partial charge in [-0.3, -0.25) is 0 Å². The lowest BCUT2D eigenvalue weighted by Crippen LogP contribution is -2.22. The fourth-order valence-electron chi connectivity index (χ4n) is 0.787. The Morgan fingerprint density at radius 3 is 2.33 bits per heavy atom. The third kappa shape index (κ3) is 2.06. The molecule has 1 aromatic rings. The standard InChI is InChI=1S/C8H14BrN3/c1-6(9)7-5-12(11-10-7)8(2,3)4/h5-6H,1-4H3. The van der Waals surface area contributed by atoms with Crippen molar-refractivity contribution >= 4 is 15.9 Å². The maximum atomic E-state index is 4.05. The van der Waals surface area contributed by atoms with Crippen molar-refractivity contribution in [3.8, 4) is 0 Å². The van der Waals surface area contributed by atoms with E-state index in [1.165, 1.54) is 0 Å². The fourth-order valence-corrected chi connectivity index (χ4v) is 0.997. The minimum Gasteiger partial charge on any atom is -0.247 e. The van der Waals surface area contributed by atoms with Crippen molar-refractivity contribution in [1.82, 2.24) is 15.0 Å².